The van der Waals surface area contributed by atoms with Crippen molar-refractivity contribution < 1.29 is 8.42 Å². The van der Waals surface area contributed by atoms with Crippen LogP contribution in [0.15, 0.2) is 47.6 Å². The molecule has 7 nitrogen and oxygen atoms in total. The van der Waals surface area contributed by atoms with Crippen LogP contribution in [-0.2, 0) is 17.1 Å². The number of benzene rings is 1. The van der Waals surface area contributed by atoms with Crippen LogP contribution in [0, 0.1) is 5.41 Å². The van der Waals surface area contributed by atoms with Crippen molar-refractivity contribution >= 4 is 21.5 Å². The molecule has 21 heavy (non-hydrogen) atoms. The summed E-state index contributed by atoms with van der Waals surface area (Å²) in [6, 6.07) is 10.2. The lowest BCUT2D eigenvalue weighted by Gasteiger charge is -2.24. The Morgan fingerprint density at radius 1 is 1.33 bits per heavy atom. The summed E-state index contributed by atoms with van der Waals surface area (Å²) in [6.07, 6.45) is 1.59. The Bertz CT molecular complexity index is 724. The molecule has 0 saturated carbocycles. The minimum atomic E-state index is -3.76. The van der Waals surface area contributed by atoms with Gasteiger partial charge < -0.3 is 5.73 Å². The topological polar surface area (TPSA) is 105 Å². The van der Waals surface area contributed by atoms with Gasteiger partial charge in [-0.15, -0.1) is 0 Å². The lowest BCUT2D eigenvalue weighted by atomic mass is 10.3. The summed E-state index contributed by atoms with van der Waals surface area (Å²) in [5, 5.41) is 11.3. The number of aryl methyl sites for hydroxylation is 1. The predicted octanol–water partition coefficient (Wildman–Crippen LogP) is 0.941. The Morgan fingerprint density at radius 2 is 2.00 bits per heavy atom. The number of rotatable bonds is 6. The predicted molar refractivity (Wildman–Crippen MR) is 80.7 cm³/mol. The van der Waals surface area contributed by atoms with Crippen molar-refractivity contribution in [1.29, 1.82) is 5.41 Å². The minimum absolute atomic E-state index is 0.0591. The van der Waals surface area contributed by atoms with Crippen LogP contribution in [0.2, 0.25) is 0 Å². The molecule has 1 aromatic carbocycles. The molecule has 2 rings (SSSR count). The van der Waals surface area contributed by atoms with Gasteiger partial charge in [-0.05, 0) is 18.2 Å². The molecule has 0 unspecified atom stereocenters. The van der Waals surface area contributed by atoms with Gasteiger partial charge in [0.1, 0.15) is 0 Å². The van der Waals surface area contributed by atoms with Crippen molar-refractivity contribution in [3.8, 4) is 0 Å². The van der Waals surface area contributed by atoms with E-state index in [1.807, 2.05) is 6.07 Å². The fraction of sp³-hybridized carbons (Fsp3) is 0.231. The SMILES string of the molecule is Cn1nccc1S(=O)(=O)N(CCC(=N)N)c1ccccc1. The Morgan fingerprint density at radius 3 is 2.52 bits per heavy atom. The number of hydrogen-bond donors (Lipinski definition) is 2. The van der Waals surface area contributed by atoms with Crippen LogP contribution in [0.5, 0.6) is 0 Å². The van der Waals surface area contributed by atoms with Gasteiger partial charge >= 0.3 is 0 Å². The molecule has 0 fully saturated rings. The van der Waals surface area contributed by atoms with Crippen molar-refractivity contribution in [3.05, 3.63) is 42.6 Å². The lowest BCUT2D eigenvalue weighted by Crippen LogP contribution is -2.35. The second-order valence-electron chi connectivity index (χ2n) is 4.48. The van der Waals surface area contributed by atoms with Crippen molar-refractivity contribution in [1.82, 2.24) is 9.78 Å². The number of para-hydroxylation sites is 1. The summed E-state index contributed by atoms with van der Waals surface area (Å²) in [5.74, 6) is -0.0591. The fourth-order valence-corrected chi connectivity index (χ4v) is 3.50. The van der Waals surface area contributed by atoms with E-state index in [-0.39, 0.29) is 23.8 Å². The normalized spacial score (nSPS) is 11.3. The minimum Gasteiger partial charge on any atom is -0.388 e. The molecule has 1 aromatic heterocycles. The molecule has 112 valence electrons. The Hall–Kier alpha value is -2.35. The smallest absolute Gasteiger partial charge is 0.281 e. The van der Waals surface area contributed by atoms with Gasteiger partial charge in [0.15, 0.2) is 5.03 Å². The maximum absolute atomic E-state index is 12.8. The number of sulfonamides is 1. The standard InChI is InChI=1S/C13H17N5O2S/c1-17-13(7-9-16-17)21(19,20)18(10-8-12(14)15)11-5-3-2-4-6-11/h2-7,9H,8,10H2,1H3,(H3,14,15). The van der Waals surface area contributed by atoms with Crippen LogP contribution in [0.4, 0.5) is 5.69 Å². The largest absolute Gasteiger partial charge is 0.388 e. The molecule has 0 aliphatic rings. The van der Waals surface area contributed by atoms with Gasteiger partial charge in [-0.25, -0.2) is 0 Å². The first kappa shape index (κ1) is 15.0. The van der Waals surface area contributed by atoms with E-state index in [9.17, 15) is 8.42 Å². The second-order valence-corrected chi connectivity index (χ2v) is 6.29. The van der Waals surface area contributed by atoms with E-state index in [1.54, 1.807) is 31.3 Å². The fourth-order valence-electron chi connectivity index (χ4n) is 1.93. The lowest BCUT2D eigenvalue weighted by molar-refractivity contribution is 0.572. The Kier molecular flexibility index (Phi) is 4.27. The number of nitrogens with zero attached hydrogens (tertiary/aromatic N) is 3. The van der Waals surface area contributed by atoms with E-state index in [2.05, 4.69) is 5.10 Å². The van der Waals surface area contributed by atoms with Gasteiger partial charge in [-0.3, -0.25) is 14.4 Å². The highest BCUT2D eigenvalue weighted by Gasteiger charge is 2.27. The molecule has 1 heterocycles. The van der Waals surface area contributed by atoms with E-state index in [0.717, 1.165) is 0 Å². The number of aromatic nitrogens is 2. The highest BCUT2D eigenvalue weighted by atomic mass is 32.2. The first-order chi connectivity index (χ1) is 9.93. The highest BCUT2D eigenvalue weighted by molar-refractivity contribution is 7.92. The van der Waals surface area contributed by atoms with E-state index >= 15 is 0 Å². The third-order valence-electron chi connectivity index (χ3n) is 2.96. The molecular formula is C13H17N5O2S. The molecule has 0 saturated heterocycles. The molecule has 0 aliphatic carbocycles. The maximum Gasteiger partial charge on any atom is 0.281 e. The molecule has 0 spiro atoms. The molecule has 0 bridgehead atoms. The number of nitrogens with one attached hydrogen (secondary N) is 1. The molecule has 8 heteroatoms. The Balaban J connectivity index is 2.44. The highest BCUT2D eigenvalue weighted by Crippen LogP contribution is 2.23. The zero-order chi connectivity index (χ0) is 15.5. The second kappa shape index (κ2) is 5.96. The van der Waals surface area contributed by atoms with Crippen LogP contribution in [0.1, 0.15) is 6.42 Å². The van der Waals surface area contributed by atoms with Gasteiger partial charge in [0.25, 0.3) is 10.0 Å². The summed E-state index contributed by atoms with van der Waals surface area (Å²) >= 11 is 0. The monoisotopic (exact) mass is 307 g/mol. The van der Waals surface area contributed by atoms with Gasteiger partial charge in [-0.2, -0.15) is 13.5 Å². The average Bonchev–Trinajstić information content (AvgIpc) is 2.86. The molecule has 0 atom stereocenters. The van der Waals surface area contributed by atoms with Crippen LogP contribution < -0.4 is 10.0 Å². The quantitative estimate of drug-likeness (QED) is 0.612. The number of nitrogens with two attached hydrogens (primary N) is 1. The summed E-state index contributed by atoms with van der Waals surface area (Å²) in [5.41, 5.74) is 5.88. The third-order valence-corrected chi connectivity index (χ3v) is 4.86. The van der Waals surface area contributed by atoms with Crippen molar-refractivity contribution in [2.45, 2.75) is 11.4 Å². The molecule has 0 radical (unpaired) electrons. The molecule has 0 aliphatic heterocycles. The molecule has 2 aromatic rings. The summed E-state index contributed by atoms with van der Waals surface area (Å²) in [6.45, 7) is 0.104. The molecule has 0 amide bonds. The van der Waals surface area contributed by atoms with E-state index in [0.29, 0.717) is 5.69 Å². The van der Waals surface area contributed by atoms with Crippen molar-refractivity contribution in [2.24, 2.45) is 12.8 Å². The molecule has 3 N–H and O–H groups in total. The Labute approximate surface area is 123 Å². The van der Waals surface area contributed by atoms with E-state index in [1.165, 1.54) is 21.3 Å². The van der Waals surface area contributed by atoms with E-state index < -0.39 is 10.0 Å². The zero-order valence-electron chi connectivity index (χ0n) is 11.6. The van der Waals surface area contributed by atoms with Crippen LogP contribution in [-0.4, -0.2) is 30.6 Å². The van der Waals surface area contributed by atoms with Crippen LogP contribution in [0.25, 0.3) is 0 Å². The number of hydrogen-bond acceptors (Lipinski definition) is 4. The van der Waals surface area contributed by atoms with Gasteiger partial charge in [0.05, 0.1) is 17.7 Å². The number of anilines is 1. The summed E-state index contributed by atoms with van der Waals surface area (Å²) < 4.78 is 28.1. The summed E-state index contributed by atoms with van der Waals surface area (Å²) in [7, 11) is -2.19. The number of amidine groups is 1. The first-order valence-electron chi connectivity index (χ1n) is 6.31. The average molecular weight is 307 g/mol. The van der Waals surface area contributed by atoms with Crippen LogP contribution >= 0.6 is 0 Å². The molecular weight excluding hydrogens is 290 g/mol. The van der Waals surface area contributed by atoms with Gasteiger partial charge in [-0.1, -0.05) is 18.2 Å². The zero-order valence-corrected chi connectivity index (χ0v) is 12.4. The van der Waals surface area contributed by atoms with Gasteiger partial charge in [0.2, 0.25) is 0 Å². The first-order valence-corrected chi connectivity index (χ1v) is 7.75. The maximum atomic E-state index is 12.8. The summed E-state index contributed by atoms with van der Waals surface area (Å²) in [4.78, 5) is 0. The van der Waals surface area contributed by atoms with Gasteiger partial charge in [0, 0.05) is 20.0 Å². The van der Waals surface area contributed by atoms with E-state index in [4.69, 9.17) is 11.1 Å². The van der Waals surface area contributed by atoms with Crippen molar-refractivity contribution in [3.63, 3.8) is 0 Å². The van der Waals surface area contributed by atoms with Crippen molar-refractivity contribution in [2.75, 3.05) is 10.8 Å². The third kappa shape index (κ3) is 3.22. The van der Waals surface area contributed by atoms with Crippen LogP contribution in [0.3, 0.4) is 0 Å².